The van der Waals surface area contributed by atoms with Crippen molar-refractivity contribution in [3.8, 4) is 0 Å². The van der Waals surface area contributed by atoms with Crippen molar-refractivity contribution < 1.29 is 14.4 Å². The molecule has 3 amide bonds. The van der Waals surface area contributed by atoms with Gasteiger partial charge in [0.15, 0.2) is 0 Å². The van der Waals surface area contributed by atoms with Gasteiger partial charge in [0.2, 0.25) is 5.91 Å². The first kappa shape index (κ1) is 15.0. The smallest absolute Gasteiger partial charge is 0.311 e. The van der Waals surface area contributed by atoms with Crippen LogP contribution in [0.4, 0.5) is 0 Å². The summed E-state index contributed by atoms with van der Waals surface area (Å²) in [5.74, 6) is -1.78. The Hall–Kier alpha value is -2.44. The molecule has 3 N–H and O–H groups in total. The summed E-state index contributed by atoms with van der Waals surface area (Å²) in [6.45, 7) is 0.968. The molecule has 1 aromatic rings. The van der Waals surface area contributed by atoms with E-state index in [1.54, 1.807) is 18.3 Å². The number of nitrogens with two attached hydrogens (primary N) is 1. The van der Waals surface area contributed by atoms with E-state index in [4.69, 9.17) is 5.73 Å². The van der Waals surface area contributed by atoms with Crippen molar-refractivity contribution in [1.29, 1.82) is 0 Å². The molecule has 2 rings (SSSR count). The Morgan fingerprint density at radius 1 is 1.29 bits per heavy atom. The van der Waals surface area contributed by atoms with Gasteiger partial charge < -0.3 is 16.0 Å². The van der Waals surface area contributed by atoms with E-state index in [1.807, 2.05) is 6.07 Å². The number of rotatable bonds is 3. The summed E-state index contributed by atoms with van der Waals surface area (Å²) in [5, 5.41) is 2.55. The fourth-order valence-electron chi connectivity index (χ4n) is 2.26. The maximum absolute atomic E-state index is 12.0. The van der Waals surface area contributed by atoms with Gasteiger partial charge in [0.1, 0.15) is 0 Å². The first-order valence-corrected chi connectivity index (χ1v) is 6.84. The molecule has 0 radical (unpaired) electrons. The SMILES string of the molecule is NC(=O)C1CCN(C(=O)C(=O)NCc2ccccn2)CC1. The molecular weight excluding hydrogens is 272 g/mol. The third-order valence-corrected chi connectivity index (χ3v) is 3.53. The number of likely N-dealkylation sites (tertiary alicyclic amines) is 1. The fraction of sp³-hybridized carbons (Fsp3) is 0.429. The van der Waals surface area contributed by atoms with Crippen molar-refractivity contribution in [2.45, 2.75) is 19.4 Å². The molecule has 1 aliphatic heterocycles. The summed E-state index contributed by atoms with van der Waals surface area (Å²) in [5.41, 5.74) is 5.92. The average molecular weight is 290 g/mol. The second-order valence-corrected chi connectivity index (χ2v) is 4.97. The molecule has 0 saturated carbocycles. The fourth-order valence-corrected chi connectivity index (χ4v) is 2.26. The second-order valence-electron chi connectivity index (χ2n) is 4.97. The molecular formula is C14H18N4O3. The lowest BCUT2D eigenvalue weighted by molar-refractivity contribution is -0.147. The van der Waals surface area contributed by atoms with E-state index in [0.29, 0.717) is 31.6 Å². The van der Waals surface area contributed by atoms with Gasteiger partial charge in [-0.2, -0.15) is 0 Å². The molecule has 112 valence electrons. The van der Waals surface area contributed by atoms with Gasteiger partial charge in [0.05, 0.1) is 12.2 Å². The van der Waals surface area contributed by atoms with Crippen molar-refractivity contribution in [2.24, 2.45) is 11.7 Å². The number of carbonyl (C=O) groups excluding carboxylic acids is 3. The maximum atomic E-state index is 12.0. The Bertz CT molecular complexity index is 524. The Kier molecular flexibility index (Phi) is 4.86. The summed E-state index contributed by atoms with van der Waals surface area (Å²) in [4.78, 5) is 40.4. The van der Waals surface area contributed by atoms with Crippen LogP contribution >= 0.6 is 0 Å². The molecule has 7 nitrogen and oxygen atoms in total. The molecule has 0 unspecified atom stereocenters. The molecule has 0 atom stereocenters. The minimum atomic E-state index is -0.654. The van der Waals surface area contributed by atoms with Crippen molar-refractivity contribution in [2.75, 3.05) is 13.1 Å². The van der Waals surface area contributed by atoms with Crippen molar-refractivity contribution in [1.82, 2.24) is 15.2 Å². The number of primary amides is 1. The number of carbonyl (C=O) groups is 3. The first-order chi connectivity index (χ1) is 10.1. The number of nitrogens with zero attached hydrogens (tertiary/aromatic N) is 2. The van der Waals surface area contributed by atoms with E-state index in [0.717, 1.165) is 0 Å². The van der Waals surface area contributed by atoms with Crippen molar-refractivity contribution >= 4 is 17.7 Å². The van der Waals surface area contributed by atoms with E-state index in [2.05, 4.69) is 10.3 Å². The zero-order chi connectivity index (χ0) is 15.2. The van der Waals surface area contributed by atoms with E-state index in [9.17, 15) is 14.4 Å². The number of aromatic nitrogens is 1. The standard InChI is InChI=1S/C14H18N4O3/c15-12(19)10-4-7-18(8-5-10)14(21)13(20)17-9-11-3-1-2-6-16-11/h1-3,6,10H,4-5,7-9H2,(H2,15,19)(H,17,20). The highest BCUT2D eigenvalue weighted by molar-refractivity contribution is 6.34. The maximum Gasteiger partial charge on any atom is 0.311 e. The largest absolute Gasteiger partial charge is 0.369 e. The molecule has 1 aromatic heterocycles. The van der Waals surface area contributed by atoms with E-state index >= 15 is 0 Å². The van der Waals surface area contributed by atoms with Crippen LogP contribution in [0.1, 0.15) is 18.5 Å². The highest BCUT2D eigenvalue weighted by Gasteiger charge is 2.28. The molecule has 1 aliphatic rings. The molecule has 21 heavy (non-hydrogen) atoms. The van der Waals surface area contributed by atoms with Crippen molar-refractivity contribution in [3.05, 3.63) is 30.1 Å². The molecule has 0 bridgehead atoms. The topological polar surface area (TPSA) is 105 Å². The van der Waals surface area contributed by atoms with Crippen LogP contribution in [-0.4, -0.2) is 40.7 Å². The Balaban J connectivity index is 1.80. The second kappa shape index (κ2) is 6.83. The average Bonchev–Trinajstić information content (AvgIpc) is 2.53. The predicted molar refractivity (Wildman–Crippen MR) is 74.6 cm³/mol. The van der Waals surface area contributed by atoms with Gasteiger partial charge >= 0.3 is 11.8 Å². The lowest BCUT2D eigenvalue weighted by Crippen LogP contribution is -2.47. The first-order valence-electron chi connectivity index (χ1n) is 6.84. The minimum Gasteiger partial charge on any atom is -0.369 e. The van der Waals surface area contributed by atoms with Gasteiger partial charge in [-0.05, 0) is 25.0 Å². The number of piperidine rings is 1. The van der Waals surface area contributed by atoms with Gasteiger partial charge in [-0.3, -0.25) is 19.4 Å². The van der Waals surface area contributed by atoms with Gasteiger partial charge in [-0.25, -0.2) is 0 Å². The molecule has 0 spiro atoms. The van der Waals surface area contributed by atoms with Crippen LogP contribution in [0, 0.1) is 5.92 Å². The van der Waals surface area contributed by atoms with Crippen LogP contribution in [0.3, 0.4) is 0 Å². The zero-order valence-corrected chi connectivity index (χ0v) is 11.6. The van der Waals surface area contributed by atoms with Gasteiger partial charge in [0.25, 0.3) is 0 Å². The van der Waals surface area contributed by atoms with E-state index < -0.39 is 11.8 Å². The lowest BCUT2D eigenvalue weighted by Gasteiger charge is -2.29. The van der Waals surface area contributed by atoms with Gasteiger partial charge in [-0.1, -0.05) is 6.07 Å². The number of amides is 3. The third kappa shape index (κ3) is 4.01. The van der Waals surface area contributed by atoms with Gasteiger partial charge in [0, 0.05) is 25.2 Å². The van der Waals surface area contributed by atoms with Crippen LogP contribution in [0.5, 0.6) is 0 Å². The Morgan fingerprint density at radius 2 is 2.00 bits per heavy atom. The molecule has 2 heterocycles. The highest BCUT2D eigenvalue weighted by Crippen LogP contribution is 2.16. The monoisotopic (exact) mass is 290 g/mol. The van der Waals surface area contributed by atoms with E-state index in [1.165, 1.54) is 4.90 Å². The summed E-state index contributed by atoms with van der Waals surface area (Å²) >= 11 is 0. The lowest BCUT2D eigenvalue weighted by atomic mass is 9.96. The van der Waals surface area contributed by atoms with Crippen molar-refractivity contribution in [3.63, 3.8) is 0 Å². The summed E-state index contributed by atoms with van der Waals surface area (Å²) < 4.78 is 0. The molecule has 7 heteroatoms. The van der Waals surface area contributed by atoms with Crippen LogP contribution in [-0.2, 0) is 20.9 Å². The number of hydrogen-bond donors (Lipinski definition) is 2. The molecule has 0 aliphatic carbocycles. The predicted octanol–water partition coefficient (Wildman–Crippen LogP) is -0.578. The van der Waals surface area contributed by atoms with E-state index in [-0.39, 0.29) is 18.4 Å². The zero-order valence-electron chi connectivity index (χ0n) is 11.6. The Morgan fingerprint density at radius 3 is 2.57 bits per heavy atom. The molecule has 1 fully saturated rings. The summed E-state index contributed by atoms with van der Waals surface area (Å²) in [6.07, 6.45) is 2.64. The Labute approximate surface area is 122 Å². The molecule has 1 saturated heterocycles. The number of pyridine rings is 1. The third-order valence-electron chi connectivity index (χ3n) is 3.53. The minimum absolute atomic E-state index is 0.203. The van der Waals surface area contributed by atoms with Crippen LogP contribution < -0.4 is 11.1 Å². The quantitative estimate of drug-likeness (QED) is 0.727. The summed E-state index contributed by atoms with van der Waals surface area (Å²) in [6, 6.07) is 5.35. The molecule has 0 aromatic carbocycles. The van der Waals surface area contributed by atoms with Gasteiger partial charge in [-0.15, -0.1) is 0 Å². The number of hydrogen-bond acceptors (Lipinski definition) is 4. The highest BCUT2D eigenvalue weighted by atomic mass is 16.2. The van der Waals surface area contributed by atoms with Crippen LogP contribution in [0.25, 0.3) is 0 Å². The summed E-state index contributed by atoms with van der Waals surface area (Å²) in [7, 11) is 0. The van der Waals surface area contributed by atoms with Crippen LogP contribution in [0.15, 0.2) is 24.4 Å². The number of nitrogens with one attached hydrogen (secondary N) is 1. The van der Waals surface area contributed by atoms with Crippen LogP contribution in [0.2, 0.25) is 0 Å². The normalized spacial score (nSPS) is 15.5.